The van der Waals surface area contributed by atoms with Crippen LogP contribution < -0.4 is 10.6 Å². The van der Waals surface area contributed by atoms with Crippen molar-refractivity contribution in [2.24, 2.45) is 5.92 Å². The van der Waals surface area contributed by atoms with Gasteiger partial charge < -0.3 is 5.32 Å². The SMILES string of the molecule is CC1NC(C)(CCSCc2cscn2)NC(=O)C1CCc1ccccc1. The molecule has 1 aromatic carbocycles. The monoisotopic (exact) mass is 389 g/mol. The second-order valence-electron chi connectivity index (χ2n) is 7.17. The molecule has 140 valence electrons. The first-order valence-corrected chi connectivity index (χ1v) is 11.2. The Morgan fingerprint density at radius 2 is 2.12 bits per heavy atom. The van der Waals surface area contributed by atoms with Gasteiger partial charge in [-0.05, 0) is 44.4 Å². The molecule has 3 rings (SSSR count). The zero-order chi connectivity index (χ0) is 18.4. The van der Waals surface area contributed by atoms with Crippen molar-refractivity contribution in [1.29, 1.82) is 0 Å². The number of rotatable bonds is 8. The molecule has 3 atom stereocenters. The molecule has 1 amide bonds. The molecule has 1 aliphatic heterocycles. The Balaban J connectivity index is 1.46. The number of aromatic nitrogens is 1. The van der Waals surface area contributed by atoms with E-state index in [-0.39, 0.29) is 23.5 Å². The lowest BCUT2D eigenvalue weighted by atomic mass is 9.88. The summed E-state index contributed by atoms with van der Waals surface area (Å²) in [6.07, 6.45) is 2.72. The van der Waals surface area contributed by atoms with Crippen molar-refractivity contribution in [2.45, 2.75) is 50.6 Å². The number of hydrogen-bond acceptors (Lipinski definition) is 5. The molecule has 0 saturated carbocycles. The van der Waals surface area contributed by atoms with E-state index in [1.165, 1.54) is 5.56 Å². The van der Waals surface area contributed by atoms with Crippen LogP contribution >= 0.6 is 23.1 Å². The summed E-state index contributed by atoms with van der Waals surface area (Å²) < 4.78 is 0. The largest absolute Gasteiger partial charge is 0.338 e. The number of carbonyl (C=O) groups is 1. The zero-order valence-corrected chi connectivity index (χ0v) is 17.0. The Morgan fingerprint density at radius 1 is 1.31 bits per heavy atom. The van der Waals surface area contributed by atoms with Gasteiger partial charge in [0.05, 0.1) is 22.8 Å². The smallest absolute Gasteiger partial charge is 0.226 e. The summed E-state index contributed by atoms with van der Waals surface area (Å²) in [6, 6.07) is 10.6. The van der Waals surface area contributed by atoms with Crippen LogP contribution in [-0.4, -0.2) is 28.3 Å². The summed E-state index contributed by atoms with van der Waals surface area (Å²) in [6.45, 7) is 4.23. The number of thiazole rings is 1. The first kappa shape index (κ1) is 19.4. The molecular formula is C20H27N3OS2. The Bertz CT molecular complexity index is 692. The van der Waals surface area contributed by atoms with Gasteiger partial charge in [0.15, 0.2) is 0 Å². The van der Waals surface area contributed by atoms with Crippen LogP contribution in [0.5, 0.6) is 0 Å². The van der Waals surface area contributed by atoms with Crippen LogP contribution in [0.2, 0.25) is 0 Å². The average molecular weight is 390 g/mol. The van der Waals surface area contributed by atoms with Gasteiger partial charge in [-0.2, -0.15) is 11.8 Å². The van der Waals surface area contributed by atoms with Crippen LogP contribution in [0.4, 0.5) is 0 Å². The van der Waals surface area contributed by atoms with Crippen molar-refractivity contribution in [3.8, 4) is 0 Å². The van der Waals surface area contributed by atoms with E-state index in [9.17, 15) is 4.79 Å². The third-order valence-electron chi connectivity index (χ3n) is 4.95. The summed E-state index contributed by atoms with van der Waals surface area (Å²) in [4.78, 5) is 17.0. The molecule has 1 saturated heterocycles. The van der Waals surface area contributed by atoms with Gasteiger partial charge in [0.1, 0.15) is 0 Å². The maximum absolute atomic E-state index is 12.7. The Kier molecular flexibility index (Phi) is 6.73. The van der Waals surface area contributed by atoms with E-state index in [2.05, 4.69) is 59.1 Å². The molecule has 1 aliphatic rings. The first-order chi connectivity index (χ1) is 12.6. The van der Waals surface area contributed by atoms with Crippen LogP contribution in [0.15, 0.2) is 41.2 Å². The molecule has 3 unspecified atom stereocenters. The Hall–Kier alpha value is -1.37. The van der Waals surface area contributed by atoms with Gasteiger partial charge in [-0.15, -0.1) is 11.3 Å². The molecule has 1 fully saturated rings. The van der Waals surface area contributed by atoms with Crippen molar-refractivity contribution in [2.75, 3.05) is 5.75 Å². The minimum absolute atomic E-state index is 0.0194. The number of nitrogens with one attached hydrogen (secondary N) is 2. The fraction of sp³-hybridized carbons (Fsp3) is 0.500. The van der Waals surface area contributed by atoms with Crippen LogP contribution in [0.25, 0.3) is 0 Å². The number of nitrogens with zero attached hydrogens (tertiary/aromatic N) is 1. The minimum Gasteiger partial charge on any atom is -0.338 e. The fourth-order valence-electron chi connectivity index (χ4n) is 3.48. The highest BCUT2D eigenvalue weighted by Gasteiger charge is 2.39. The third kappa shape index (κ3) is 5.32. The molecule has 1 aromatic heterocycles. The molecule has 2 aromatic rings. The molecule has 0 spiro atoms. The van der Waals surface area contributed by atoms with Gasteiger partial charge >= 0.3 is 0 Å². The van der Waals surface area contributed by atoms with Gasteiger partial charge in [-0.3, -0.25) is 10.1 Å². The second-order valence-corrected chi connectivity index (χ2v) is 8.99. The highest BCUT2D eigenvalue weighted by molar-refractivity contribution is 7.98. The van der Waals surface area contributed by atoms with Gasteiger partial charge in [-0.25, -0.2) is 4.98 Å². The number of thioether (sulfide) groups is 1. The lowest BCUT2D eigenvalue weighted by Gasteiger charge is -2.43. The molecule has 26 heavy (non-hydrogen) atoms. The van der Waals surface area contributed by atoms with E-state index >= 15 is 0 Å². The van der Waals surface area contributed by atoms with Crippen LogP contribution in [-0.2, 0) is 17.0 Å². The normalized spacial score (nSPS) is 25.8. The average Bonchev–Trinajstić information content (AvgIpc) is 3.12. The lowest BCUT2D eigenvalue weighted by molar-refractivity contribution is -0.132. The van der Waals surface area contributed by atoms with Crippen molar-refractivity contribution in [3.05, 3.63) is 52.5 Å². The molecule has 0 radical (unpaired) electrons. The Labute approximate surface area is 164 Å². The predicted octanol–water partition coefficient (Wildman–Crippen LogP) is 3.84. The number of carbonyl (C=O) groups excluding carboxylic acids is 1. The van der Waals surface area contributed by atoms with Crippen molar-refractivity contribution in [3.63, 3.8) is 0 Å². The summed E-state index contributed by atoms with van der Waals surface area (Å²) >= 11 is 3.50. The van der Waals surface area contributed by atoms with Crippen LogP contribution in [0.1, 0.15) is 37.9 Å². The maximum atomic E-state index is 12.7. The highest BCUT2D eigenvalue weighted by atomic mass is 32.2. The molecule has 0 aliphatic carbocycles. The number of benzene rings is 1. The van der Waals surface area contributed by atoms with Gasteiger partial charge in [0.25, 0.3) is 0 Å². The molecule has 0 bridgehead atoms. The van der Waals surface area contributed by atoms with E-state index in [0.717, 1.165) is 36.5 Å². The summed E-state index contributed by atoms with van der Waals surface area (Å²) in [7, 11) is 0. The van der Waals surface area contributed by atoms with Crippen molar-refractivity contribution in [1.82, 2.24) is 15.6 Å². The summed E-state index contributed by atoms with van der Waals surface area (Å²) in [5.41, 5.74) is 3.98. The van der Waals surface area contributed by atoms with Gasteiger partial charge in [0, 0.05) is 17.2 Å². The second kappa shape index (κ2) is 9.02. The highest BCUT2D eigenvalue weighted by Crippen LogP contribution is 2.24. The fourth-order valence-corrected chi connectivity index (χ4v) is 5.20. The molecule has 4 nitrogen and oxygen atoms in total. The topological polar surface area (TPSA) is 54.0 Å². The van der Waals surface area contributed by atoms with Crippen LogP contribution in [0.3, 0.4) is 0 Å². The van der Waals surface area contributed by atoms with E-state index in [4.69, 9.17) is 0 Å². The van der Waals surface area contributed by atoms with Gasteiger partial charge in [-0.1, -0.05) is 30.3 Å². The number of aryl methyl sites for hydroxylation is 1. The van der Waals surface area contributed by atoms with Gasteiger partial charge in [0.2, 0.25) is 5.91 Å². The first-order valence-electron chi connectivity index (χ1n) is 9.14. The van der Waals surface area contributed by atoms with E-state index in [1.54, 1.807) is 11.3 Å². The zero-order valence-electron chi connectivity index (χ0n) is 15.4. The Morgan fingerprint density at radius 3 is 2.81 bits per heavy atom. The van der Waals surface area contributed by atoms with Crippen molar-refractivity contribution >= 4 is 29.0 Å². The number of hydrogen-bond donors (Lipinski definition) is 2. The van der Waals surface area contributed by atoms with Crippen LogP contribution in [0, 0.1) is 5.92 Å². The maximum Gasteiger partial charge on any atom is 0.226 e. The van der Waals surface area contributed by atoms with E-state index < -0.39 is 0 Å². The molecule has 2 heterocycles. The standard InChI is InChI=1S/C20H27N3OS2/c1-15-18(9-8-16-6-4-3-5-7-16)19(24)23-20(2,22-15)10-11-25-12-17-13-26-14-21-17/h3-7,13-15,18,22H,8-12H2,1-2H3,(H,23,24). The summed E-state index contributed by atoms with van der Waals surface area (Å²) in [5, 5.41) is 8.96. The van der Waals surface area contributed by atoms with Crippen molar-refractivity contribution < 1.29 is 4.79 Å². The molecule has 2 N–H and O–H groups in total. The quantitative estimate of drug-likeness (QED) is 0.674. The minimum atomic E-state index is -0.325. The molecule has 6 heteroatoms. The number of amides is 1. The molecular weight excluding hydrogens is 362 g/mol. The predicted molar refractivity (Wildman–Crippen MR) is 110 cm³/mol. The van der Waals surface area contributed by atoms with E-state index in [0.29, 0.717) is 0 Å². The third-order valence-corrected chi connectivity index (χ3v) is 6.58. The summed E-state index contributed by atoms with van der Waals surface area (Å²) in [5.74, 6) is 2.12. The lowest BCUT2D eigenvalue weighted by Crippen LogP contribution is -2.68. The van der Waals surface area contributed by atoms with E-state index in [1.807, 2.05) is 23.3 Å².